The molecule has 4 heterocycles. The fraction of sp³-hybridized carbons (Fsp3) is 0.393. The van der Waals surface area contributed by atoms with Crippen molar-refractivity contribution in [3.05, 3.63) is 60.3 Å². The molecule has 0 radical (unpaired) electrons. The van der Waals surface area contributed by atoms with Gasteiger partial charge >= 0.3 is 6.03 Å². The predicted molar refractivity (Wildman–Crippen MR) is 157 cm³/mol. The molecule has 1 aromatic carbocycles. The number of urea groups is 1. The summed E-state index contributed by atoms with van der Waals surface area (Å²) in [6.07, 6.45) is 5.75. The van der Waals surface area contributed by atoms with Gasteiger partial charge in [-0.3, -0.25) is 9.36 Å². The van der Waals surface area contributed by atoms with Crippen LogP contribution in [0.2, 0.25) is 0 Å². The van der Waals surface area contributed by atoms with Gasteiger partial charge in [-0.15, -0.1) is 0 Å². The van der Waals surface area contributed by atoms with Crippen molar-refractivity contribution in [1.82, 2.24) is 29.5 Å². The topological polar surface area (TPSA) is 149 Å². The van der Waals surface area contributed by atoms with E-state index in [1.807, 2.05) is 18.2 Å². The first-order chi connectivity index (χ1) is 20.1. The molecule has 1 saturated heterocycles. The molecule has 3 aromatic heterocycles. The average molecular weight is 592 g/mol. The molecular formula is C28H33N9O4S. The number of nitrogens with one attached hydrogen (secondary N) is 2. The predicted octanol–water partition coefficient (Wildman–Crippen LogP) is 3.25. The van der Waals surface area contributed by atoms with E-state index in [9.17, 15) is 13.2 Å². The van der Waals surface area contributed by atoms with Gasteiger partial charge in [0, 0.05) is 50.4 Å². The van der Waals surface area contributed by atoms with Gasteiger partial charge in [-0.1, -0.05) is 0 Å². The lowest BCUT2D eigenvalue weighted by Gasteiger charge is -2.34. The van der Waals surface area contributed by atoms with Crippen LogP contribution in [0.4, 0.5) is 22.0 Å². The van der Waals surface area contributed by atoms with E-state index in [1.165, 1.54) is 4.68 Å². The molecule has 0 unspecified atom stereocenters. The summed E-state index contributed by atoms with van der Waals surface area (Å²) in [5, 5.41) is 13.9. The molecule has 2 aliphatic rings. The largest absolute Gasteiger partial charge is 0.377 e. The van der Waals surface area contributed by atoms with E-state index in [2.05, 4.69) is 32.7 Å². The Bertz CT molecular complexity index is 1740. The molecule has 2 fully saturated rings. The third-order valence-electron chi connectivity index (χ3n) is 7.68. The van der Waals surface area contributed by atoms with Crippen LogP contribution in [0.25, 0.3) is 11.4 Å². The summed E-state index contributed by atoms with van der Waals surface area (Å²) in [7, 11) is -0.288. The number of carbonyl (C=O) groups is 1. The number of aryl methyl sites for hydroxylation is 3. The number of nitrogens with zero attached hydrogens (tertiary/aromatic N) is 7. The Balaban J connectivity index is 1.34. The summed E-state index contributed by atoms with van der Waals surface area (Å²) < 4.78 is 35.7. The summed E-state index contributed by atoms with van der Waals surface area (Å²) in [6.45, 7) is 5.50. The minimum Gasteiger partial charge on any atom is -0.377 e. The first kappa shape index (κ1) is 27.8. The van der Waals surface area contributed by atoms with Crippen molar-refractivity contribution in [1.29, 1.82) is 0 Å². The number of carbonyl (C=O) groups excluding carboxylic acids is 1. The van der Waals surface area contributed by atoms with Crippen LogP contribution in [0.1, 0.15) is 31.2 Å². The number of hydrogen-bond acceptors (Lipinski definition) is 9. The van der Waals surface area contributed by atoms with Gasteiger partial charge < -0.3 is 20.3 Å². The van der Waals surface area contributed by atoms with E-state index in [4.69, 9.17) is 14.7 Å². The summed E-state index contributed by atoms with van der Waals surface area (Å²) in [4.78, 5) is 24.5. The monoisotopic (exact) mass is 591 g/mol. The average Bonchev–Trinajstić information content (AvgIpc) is 3.58. The quantitative estimate of drug-likeness (QED) is 0.330. The maximum Gasteiger partial charge on any atom is 0.323 e. The minimum atomic E-state index is -3.77. The molecule has 14 heteroatoms. The molecule has 2 N–H and O–H groups in total. The number of rotatable bonds is 7. The van der Waals surface area contributed by atoms with E-state index in [1.54, 1.807) is 56.4 Å². The first-order valence-corrected chi connectivity index (χ1v) is 15.2. The number of amides is 2. The van der Waals surface area contributed by atoms with Crippen molar-refractivity contribution in [2.45, 2.75) is 42.4 Å². The molecule has 1 aliphatic heterocycles. The molecular weight excluding hydrogens is 558 g/mol. The Labute approximate surface area is 243 Å². The van der Waals surface area contributed by atoms with Crippen molar-refractivity contribution < 1.29 is 17.9 Å². The van der Waals surface area contributed by atoms with Crippen molar-refractivity contribution in [2.75, 3.05) is 35.3 Å². The fourth-order valence-corrected chi connectivity index (χ4v) is 7.48. The number of hydrogen-bond donors (Lipinski definition) is 2. The number of aromatic nitrogens is 6. The number of ether oxygens (including phenoxy) is 1. The van der Waals surface area contributed by atoms with E-state index in [0.29, 0.717) is 72.6 Å². The van der Waals surface area contributed by atoms with Gasteiger partial charge in [-0.25, -0.2) is 23.2 Å². The number of benzene rings is 1. The summed E-state index contributed by atoms with van der Waals surface area (Å²) >= 11 is 0. The summed E-state index contributed by atoms with van der Waals surface area (Å²) in [5.41, 5.74) is 2.79. The second kappa shape index (κ2) is 10.5. The highest BCUT2D eigenvalue weighted by molar-refractivity contribution is 7.92. The van der Waals surface area contributed by atoms with Gasteiger partial charge in [-0.2, -0.15) is 10.2 Å². The van der Waals surface area contributed by atoms with Crippen LogP contribution in [0.5, 0.6) is 0 Å². The molecule has 1 saturated carbocycles. The van der Waals surface area contributed by atoms with E-state index in [-0.39, 0.29) is 10.9 Å². The molecule has 42 heavy (non-hydrogen) atoms. The van der Waals surface area contributed by atoms with Gasteiger partial charge in [0.05, 0.1) is 42.5 Å². The second-order valence-corrected chi connectivity index (χ2v) is 13.1. The third-order valence-corrected chi connectivity index (χ3v) is 10.3. The maximum absolute atomic E-state index is 14.0. The molecule has 1 aliphatic carbocycles. The molecule has 13 nitrogen and oxygen atoms in total. The van der Waals surface area contributed by atoms with Crippen molar-refractivity contribution in [2.24, 2.45) is 14.1 Å². The SMILES string of the molecule is Cc1nn(C)cc1S(=O)(=O)C1(c2cc(N3CCOC[C@@H]3C)nc(-c3ccc(NC(=O)Nc4cnn(C)c4)cc3)n2)CC1. The van der Waals surface area contributed by atoms with Gasteiger partial charge in [0.15, 0.2) is 15.7 Å². The number of anilines is 3. The molecule has 2 amide bonds. The molecule has 0 spiro atoms. The third kappa shape index (κ3) is 5.11. The lowest BCUT2D eigenvalue weighted by Crippen LogP contribution is -2.44. The minimum absolute atomic E-state index is 0.0616. The van der Waals surface area contributed by atoms with Crippen LogP contribution in [0.15, 0.2) is 53.8 Å². The Kier molecular flexibility index (Phi) is 6.97. The van der Waals surface area contributed by atoms with E-state index in [0.717, 1.165) is 0 Å². The van der Waals surface area contributed by atoms with Crippen LogP contribution in [0, 0.1) is 6.92 Å². The zero-order chi connectivity index (χ0) is 29.6. The summed E-state index contributed by atoms with van der Waals surface area (Å²) in [6, 6.07) is 8.62. The smallest absolute Gasteiger partial charge is 0.323 e. The van der Waals surface area contributed by atoms with Crippen LogP contribution in [-0.4, -0.2) is 69.8 Å². The first-order valence-electron chi connectivity index (χ1n) is 13.7. The maximum atomic E-state index is 14.0. The zero-order valence-electron chi connectivity index (χ0n) is 23.9. The molecule has 6 rings (SSSR count). The highest BCUT2D eigenvalue weighted by atomic mass is 32.2. The van der Waals surface area contributed by atoms with Gasteiger partial charge in [-0.05, 0) is 51.0 Å². The summed E-state index contributed by atoms with van der Waals surface area (Å²) in [5.74, 6) is 1.07. The van der Waals surface area contributed by atoms with E-state index >= 15 is 0 Å². The lowest BCUT2D eigenvalue weighted by atomic mass is 10.1. The van der Waals surface area contributed by atoms with Crippen molar-refractivity contribution >= 4 is 33.1 Å². The Hall–Kier alpha value is -4.30. The standard InChI is InChI=1S/C28H33N9O4S/c1-18-17-41-12-11-37(18)25-13-24(28(9-10-28)42(39,40)23-16-36(4)34-19(23)2)32-26(33-25)20-5-7-21(8-6-20)30-27(38)31-22-14-29-35(3)15-22/h5-8,13-16,18H,9-12,17H2,1-4H3,(H2,30,31,38)/t18-/m0/s1. The molecule has 4 aromatic rings. The van der Waals surface area contributed by atoms with E-state index < -0.39 is 20.6 Å². The molecule has 1 atom stereocenters. The van der Waals surface area contributed by atoms with Gasteiger partial charge in [0.1, 0.15) is 15.5 Å². The number of morpholine rings is 1. The Morgan fingerprint density at radius 1 is 1.05 bits per heavy atom. The second-order valence-electron chi connectivity index (χ2n) is 10.9. The van der Waals surface area contributed by atoms with Crippen LogP contribution in [-0.2, 0) is 33.4 Å². The lowest BCUT2D eigenvalue weighted by molar-refractivity contribution is 0.0985. The fourth-order valence-electron chi connectivity index (χ4n) is 5.32. The van der Waals surface area contributed by atoms with Crippen LogP contribution < -0.4 is 15.5 Å². The highest BCUT2D eigenvalue weighted by Crippen LogP contribution is 2.55. The van der Waals surface area contributed by atoms with Crippen molar-refractivity contribution in [3.8, 4) is 11.4 Å². The zero-order valence-corrected chi connectivity index (χ0v) is 24.7. The normalized spacial score (nSPS) is 18.1. The highest BCUT2D eigenvalue weighted by Gasteiger charge is 2.58. The molecule has 220 valence electrons. The van der Waals surface area contributed by atoms with Crippen LogP contribution in [0.3, 0.4) is 0 Å². The van der Waals surface area contributed by atoms with Crippen LogP contribution >= 0.6 is 0 Å². The van der Waals surface area contributed by atoms with Gasteiger partial charge in [0.25, 0.3) is 0 Å². The van der Waals surface area contributed by atoms with Crippen molar-refractivity contribution in [3.63, 3.8) is 0 Å². The number of sulfone groups is 1. The van der Waals surface area contributed by atoms with Gasteiger partial charge in [0.2, 0.25) is 0 Å². The Morgan fingerprint density at radius 2 is 1.79 bits per heavy atom. The Morgan fingerprint density at radius 3 is 2.40 bits per heavy atom. The molecule has 0 bridgehead atoms.